The highest BCUT2D eigenvalue weighted by Gasteiger charge is 2.49. The third-order valence-corrected chi connectivity index (χ3v) is 6.04. The van der Waals surface area contributed by atoms with E-state index in [-0.39, 0.29) is 18.4 Å². The Kier molecular flexibility index (Phi) is 5.41. The summed E-state index contributed by atoms with van der Waals surface area (Å²) in [4.78, 5) is 28.9. The molecule has 34 heavy (non-hydrogen) atoms. The summed E-state index contributed by atoms with van der Waals surface area (Å²) in [6.45, 7) is 2.29. The number of ether oxygens (including phenoxy) is 1. The van der Waals surface area contributed by atoms with Crippen molar-refractivity contribution in [2.45, 2.75) is 25.6 Å². The van der Waals surface area contributed by atoms with Gasteiger partial charge in [0.05, 0.1) is 19.9 Å². The van der Waals surface area contributed by atoms with Gasteiger partial charge in [0.25, 0.3) is 5.91 Å². The van der Waals surface area contributed by atoms with E-state index in [9.17, 15) is 9.59 Å². The molecule has 8 nitrogen and oxygen atoms in total. The maximum Gasteiger partial charge on any atom is 0.277 e. The van der Waals surface area contributed by atoms with E-state index in [0.29, 0.717) is 35.1 Å². The number of aromatic nitrogens is 2. The number of nitrogens with zero attached hydrogens (tertiary/aromatic N) is 3. The fourth-order valence-corrected chi connectivity index (χ4v) is 4.23. The zero-order valence-corrected chi connectivity index (χ0v) is 18.9. The molecule has 0 bridgehead atoms. The fourth-order valence-electron chi connectivity index (χ4n) is 4.23. The fraction of sp³-hybridized carbons (Fsp3) is 0.192. The number of furan rings is 1. The van der Waals surface area contributed by atoms with Gasteiger partial charge in [-0.05, 0) is 48.9 Å². The summed E-state index contributed by atoms with van der Waals surface area (Å²) in [5, 5.41) is 7.57. The second-order valence-electron chi connectivity index (χ2n) is 8.33. The van der Waals surface area contributed by atoms with Crippen molar-refractivity contribution in [2.24, 2.45) is 0 Å². The van der Waals surface area contributed by atoms with Crippen LogP contribution in [0.1, 0.15) is 23.0 Å². The summed E-state index contributed by atoms with van der Waals surface area (Å²) in [7, 11) is 1.58. The molecular weight excluding hydrogens is 432 g/mol. The Bertz CT molecular complexity index is 1310. The first-order chi connectivity index (χ1) is 16.5. The molecule has 1 atom stereocenters. The number of anilines is 1. The van der Waals surface area contributed by atoms with Gasteiger partial charge in [-0.15, -0.1) is 0 Å². The molecule has 0 saturated heterocycles. The summed E-state index contributed by atoms with van der Waals surface area (Å²) < 4.78 is 12.3. The van der Waals surface area contributed by atoms with Gasteiger partial charge in [0.2, 0.25) is 5.91 Å². The molecule has 3 heterocycles. The molecule has 0 radical (unpaired) electrons. The van der Waals surface area contributed by atoms with Crippen LogP contribution < -0.4 is 15.0 Å². The van der Waals surface area contributed by atoms with Gasteiger partial charge in [0, 0.05) is 18.3 Å². The zero-order valence-electron chi connectivity index (χ0n) is 18.9. The van der Waals surface area contributed by atoms with Crippen molar-refractivity contribution in [2.75, 3.05) is 12.0 Å². The Balaban J connectivity index is 1.54. The average molecular weight is 457 g/mol. The molecule has 172 valence electrons. The zero-order chi connectivity index (χ0) is 23.7. The highest BCUT2D eigenvalue weighted by molar-refractivity contribution is 6.12. The number of fused-ring (bicyclic) bond motifs is 1. The molecular formula is C26H24N4O4. The van der Waals surface area contributed by atoms with Crippen molar-refractivity contribution in [1.82, 2.24) is 15.1 Å². The van der Waals surface area contributed by atoms with E-state index in [1.54, 1.807) is 67.4 Å². The lowest BCUT2D eigenvalue weighted by Crippen LogP contribution is -2.64. The van der Waals surface area contributed by atoms with Crippen LogP contribution in [0.15, 0.2) is 83.5 Å². The number of carbonyl (C=O) groups is 2. The van der Waals surface area contributed by atoms with Gasteiger partial charge >= 0.3 is 0 Å². The Morgan fingerprint density at radius 1 is 1.12 bits per heavy atom. The normalized spacial score (nSPS) is 17.4. The Morgan fingerprint density at radius 3 is 2.56 bits per heavy atom. The number of carbonyl (C=O) groups excluding carboxylic acids is 2. The van der Waals surface area contributed by atoms with Gasteiger partial charge in [0.15, 0.2) is 5.76 Å². The Labute approximate surface area is 196 Å². The van der Waals surface area contributed by atoms with E-state index in [1.165, 1.54) is 4.90 Å². The van der Waals surface area contributed by atoms with E-state index in [1.807, 2.05) is 30.3 Å². The Hall–Kier alpha value is -4.33. The molecule has 0 saturated carbocycles. The van der Waals surface area contributed by atoms with Crippen LogP contribution in [0.25, 0.3) is 11.5 Å². The SMILES string of the molecule is COc1ccc(N2C(=O)c3cc(-c4ccco4)nn3C[C@@]2(C)C(=O)NCc2ccccc2)cc1. The molecule has 0 fully saturated rings. The van der Waals surface area contributed by atoms with Gasteiger partial charge in [-0.1, -0.05) is 30.3 Å². The molecule has 1 N–H and O–H groups in total. The van der Waals surface area contributed by atoms with E-state index in [0.717, 1.165) is 5.56 Å². The molecule has 0 unspecified atom stereocenters. The minimum atomic E-state index is -1.22. The van der Waals surface area contributed by atoms with Gasteiger partial charge in [-0.3, -0.25) is 19.2 Å². The highest BCUT2D eigenvalue weighted by Crippen LogP contribution is 2.35. The van der Waals surface area contributed by atoms with Crippen LogP contribution in [0.2, 0.25) is 0 Å². The number of benzene rings is 2. The van der Waals surface area contributed by atoms with Crippen LogP contribution in [-0.2, 0) is 17.9 Å². The minimum absolute atomic E-state index is 0.182. The third-order valence-electron chi connectivity index (χ3n) is 6.04. The molecule has 2 aromatic carbocycles. The number of amides is 2. The standard InChI is InChI=1S/C26H24N4O4/c1-26(25(32)27-16-18-7-4-3-5-8-18)17-29-22(15-21(28-29)23-9-6-14-34-23)24(31)30(26)19-10-12-20(33-2)13-11-19/h3-15H,16-17H2,1-2H3,(H,27,32)/t26-/m0/s1. The molecule has 2 amide bonds. The van der Waals surface area contributed by atoms with Gasteiger partial charge in [-0.2, -0.15) is 5.10 Å². The number of rotatable bonds is 6. The number of methoxy groups -OCH3 is 1. The van der Waals surface area contributed by atoms with Crippen molar-refractivity contribution in [3.05, 3.63) is 90.3 Å². The lowest BCUT2D eigenvalue weighted by molar-refractivity contribution is -0.126. The lowest BCUT2D eigenvalue weighted by atomic mass is 9.93. The molecule has 2 aromatic heterocycles. The second kappa shape index (κ2) is 8.55. The number of nitrogens with one attached hydrogen (secondary N) is 1. The lowest BCUT2D eigenvalue weighted by Gasteiger charge is -2.43. The smallest absolute Gasteiger partial charge is 0.277 e. The first-order valence-electron chi connectivity index (χ1n) is 10.9. The maximum absolute atomic E-state index is 13.8. The third kappa shape index (κ3) is 3.73. The minimum Gasteiger partial charge on any atom is -0.497 e. The molecule has 8 heteroatoms. The van der Waals surface area contributed by atoms with Crippen LogP contribution in [0, 0.1) is 0 Å². The average Bonchev–Trinajstić information content (AvgIpc) is 3.54. The van der Waals surface area contributed by atoms with Crippen LogP contribution in [-0.4, -0.2) is 34.2 Å². The summed E-state index contributed by atoms with van der Waals surface area (Å²) in [6.07, 6.45) is 1.56. The molecule has 1 aliphatic rings. The highest BCUT2D eigenvalue weighted by atomic mass is 16.5. The monoisotopic (exact) mass is 456 g/mol. The van der Waals surface area contributed by atoms with Gasteiger partial charge in [-0.25, -0.2) is 0 Å². The Morgan fingerprint density at radius 2 is 1.88 bits per heavy atom. The first kappa shape index (κ1) is 21.5. The first-order valence-corrected chi connectivity index (χ1v) is 10.9. The summed E-state index contributed by atoms with van der Waals surface area (Å²) >= 11 is 0. The molecule has 0 aliphatic carbocycles. The largest absolute Gasteiger partial charge is 0.497 e. The van der Waals surface area contributed by atoms with Gasteiger partial charge < -0.3 is 14.5 Å². The second-order valence-corrected chi connectivity index (χ2v) is 8.33. The molecule has 5 rings (SSSR count). The van der Waals surface area contributed by atoms with E-state index < -0.39 is 5.54 Å². The summed E-state index contributed by atoms with van der Waals surface area (Å²) in [5.74, 6) is 0.620. The molecule has 1 aliphatic heterocycles. The van der Waals surface area contributed by atoms with Crippen molar-refractivity contribution in [1.29, 1.82) is 0 Å². The van der Waals surface area contributed by atoms with Crippen molar-refractivity contribution in [3.63, 3.8) is 0 Å². The van der Waals surface area contributed by atoms with Crippen LogP contribution in [0.3, 0.4) is 0 Å². The number of hydrogen-bond acceptors (Lipinski definition) is 5. The van der Waals surface area contributed by atoms with Crippen LogP contribution in [0.5, 0.6) is 5.75 Å². The number of hydrogen-bond donors (Lipinski definition) is 1. The van der Waals surface area contributed by atoms with Gasteiger partial charge in [0.1, 0.15) is 22.7 Å². The van der Waals surface area contributed by atoms with E-state index >= 15 is 0 Å². The summed E-state index contributed by atoms with van der Waals surface area (Å²) in [6, 6.07) is 22.0. The molecule has 4 aromatic rings. The van der Waals surface area contributed by atoms with E-state index in [2.05, 4.69) is 10.4 Å². The predicted molar refractivity (Wildman–Crippen MR) is 126 cm³/mol. The maximum atomic E-state index is 13.8. The van der Waals surface area contributed by atoms with Crippen LogP contribution >= 0.6 is 0 Å². The van der Waals surface area contributed by atoms with Crippen molar-refractivity contribution >= 4 is 17.5 Å². The summed E-state index contributed by atoms with van der Waals surface area (Å²) in [5.41, 5.74) is 1.26. The quantitative estimate of drug-likeness (QED) is 0.476. The van der Waals surface area contributed by atoms with E-state index in [4.69, 9.17) is 9.15 Å². The van der Waals surface area contributed by atoms with Crippen molar-refractivity contribution < 1.29 is 18.7 Å². The topological polar surface area (TPSA) is 89.6 Å². The van der Waals surface area contributed by atoms with Crippen molar-refractivity contribution in [3.8, 4) is 17.2 Å². The predicted octanol–water partition coefficient (Wildman–Crippen LogP) is 3.89. The molecule has 0 spiro atoms. The van der Waals surface area contributed by atoms with Crippen LogP contribution in [0.4, 0.5) is 5.69 Å².